The van der Waals surface area contributed by atoms with Gasteiger partial charge in [-0.2, -0.15) is 0 Å². The summed E-state index contributed by atoms with van der Waals surface area (Å²) >= 11 is 0. The minimum Gasteiger partial charge on any atom is -0.379 e. The summed E-state index contributed by atoms with van der Waals surface area (Å²) in [6.07, 6.45) is 6.57. The first-order chi connectivity index (χ1) is 11.2. The van der Waals surface area contributed by atoms with E-state index in [4.69, 9.17) is 0 Å². The zero-order valence-corrected chi connectivity index (χ0v) is 15.8. The fourth-order valence-electron chi connectivity index (χ4n) is 4.26. The number of allylic oxidation sites excluding steroid dienone is 1. The van der Waals surface area contributed by atoms with Crippen LogP contribution in [0.5, 0.6) is 0 Å². The molecule has 2 heteroatoms. The number of hydrogen-bond donors (Lipinski definition) is 1. The fourth-order valence-corrected chi connectivity index (χ4v) is 4.26. The molecule has 2 unspecified atom stereocenters. The lowest BCUT2D eigenvalue weighted by atomic mass is 9.65. The first kappa shape index (κ1) is 17.3. The first-order valence-corrected chi connectivity index (χ1v) is 9.37. The summed E-state index contributed by atoms with van der Waals surface area (Å²) < 4.78 is 0. The third-order valence-corrected chi connectivity index (χ3v) is 6.66. The Morgan fingerprint density at radius 2 is 1.79 bits per heavy atom. The molecule has 1 aromatic rings. The molecule has 0 radical (unpaired) electrons. The normalized spacial score (nSPS) is 29.6. The highest BCUT2D eigenvalue weighted by Gasteiger charge is 2.44. The van der Waals surface area contributed by atoms with Crippen molar-refractivity contribution in [3.63, 3.8) is 0 Å². The van der Waals surface area contributed by atoms with Gasteiger partial charge in [0.1, 0.15) is 0 Å². The third-order valence-electron chi connectivity index (χ3n) is 6.66. The van der Waals surface area contributed by atoms with Crippen LogP contribution in [0, 0.1) is 11.8 Å². The fraction of sp³-hybridized carbons (Fsp3) is 0.591. The molecule has 0 amide bonds. The maximum Gasteiger partial charge on any atom is 0.161 e. The topological polar surface area (TPSA) is 29.1 Å². The Balaban J connectivity index is 2.00. The number of ketones is 1. The maximum absolute atomic E-state index is 12.9. The van der Waals surface area contributed by atoms with Crippen LogP contribution >= 0.6 is 0 Å². The molecule has 1 fully saturated rings. The quantitative estimate of drug-likeness (QED) is 0.768. The zero-order chi connectivity index (χ0) is 17.5. The predicted molar refractivity (Wildman–Crippen MR) is 101 cm³/mol. The highest BCUT2D eigenvalue weighted by Crippen LogP contribution is 2.43. The minimum atomic E-state index is -0.106. The second kappa shape index (κ2) is 6.06. The van der Waals surface area contributed by atoms with Gasteiger partial charge in [-0.3, -0.25) is 4.79 Å². The van der Waals surface area contributed by atoms with Gasteiger partial charge >= 0.3 is 0 Å². The highest BCUT2D eigenvalue weighted by molar-refractivity contribution is 5.99. The van der Waals surface area contributed by atoms with Crippen molar-refractivity contribution in [3.05, 3.63) is 41.5 Å². The van der Waals surface area contributed by atoms with E-state index in [1.807, 2.05) is 6.08 Å². The standard InChI is InChI=1S/C22H31NO/c1-15-10-6-7-11-16(15)20(24)14-19-17-12-8-9-13-18(17)21(2,3)22(4,5)23-19/h8-9,12-16,23H,6-7,10-11H2,1-5H3/b19-14+. The predicted octanol–water partition coefficient (Wildman–Crippen LogP) is 5.08. The van der Waals surface area contributed by atoms with Crippen LogP contribution in [0.15, 0.2) is 30.3 Å². The van der Waals surface area contributed by atoms with Gasteiger partial charge in [-0.05, 0) is 31.7 Å². The molecule has 1 heterocycles. The Kier molecular flexibility index (Phi) is 4.36. The summed E-state index contributed by atoms with van der Waals surface area (Å²) in [7, 11) is 0. The molecule has 1 aromatic carbocycles. The van der Waals surface area contributed by atoms with Crippen molar-refractivity contribution in [1.29, 1.82) is 0 Å². The number of rotatable bonds is 2. The van der Waals surface area contributed by atoms with E-state index in [-0.39, 0.29) is 16.9 Å². The van der Waals surface area contributed by atoms with Crippen molar-refractivity contribution in [2.45, 2.75) is 71.3 Å². The molecule has 1 saturated carbocycles. The summed E-state index contributed by atoms with van der Waals surface area (Å²) in [5, 5.41) is 3.66. The van der Waals surface area contributed by atoms with E-state index in [0.29, 0.717) is 11.7 Å². The van der Waals surface area contributed by atoms with Gasteiger partial charge in [0.05, 0.1) is 0 Å². The second-order valence-corrected chi connectivity index (χ2v) is 8.75. The third kappa shape index (κ3) is 2.81. The number of carbonyl (C=O) groups excluding carboxylic acids is 1. The number of carbonyl (C=O) groups is 1. The van der Waals surface area contributed by atoms with Crippen molar-refractivity contribution in [3.8, 4) is 0 Å². The van der Waals surface area contributed by atoms with E-state index in [9.17, 15) is 4.79 Å². The maximum atomic E-state index is 12.9. The number of fused-ring (bicyclic) bond motifs is 1. The number of nitrogens with one attached hydrogen (secondary N) is 1. The molecule has 24 heavy (non-hydrogen) atoms. The molecule has 2 atom stereocenters. The van der Waals surface area contributed by atoms with E-state index in [1.54, 1.807) is 0 Å². The summed E-state index contributed by atoms with van der Waals surface area (Å²) in [6, 6.07) is 8.52. The van der Waals surface area contributed by atoms with Gasteiger partial charge in [-0.15, -0.1) is 0 Å². The summed E-state index contributed by atoms with van der Waals surface area (Å²) in [5.41, 5.74) is 3.40. The SMILES string of the molecule is CC1CCCCC1C(=O)/C=C1/NC(C)(C)C(C)(C)c2ccccc21. The molecule has 2 aliphatic rings. The molecule has 0 saturated heterocycles. The van der Waals surface area contributed by atoms with Crippen LogP contribution in [-0.4, -0.2) is 11.3 Å². The van der Waals surface area contributed by atoms with Crippen molar-refractivity contribution in [1.82, 2.24) is 5.32 Å². The molecule has 0 spiro atoms. The van der Waals surface area contributed by atoms with E-state index in [0.717, 1.165) is 12.1 Å². The van der Waals surface area contributed by atoms with E-state index >= 15 is 0 Å². The highest BCUT2D eigenvalue weighted by atomic mass is 16.1. The number of benzene rings is 1. The van der Waals surface area contributed by atoms with Crippen LogP contribution in [-0.2, 0) is 10.2 Å². The number of hydrogen-bond acceptors (Lipinski definition) is 2. The lowest BCUT2D eigenvalue weighted by molar-refractivity contribution is -0.120. The average molecular weight is 325 g/mol. The van der Waals surface area contributed by atoms with Gasteiger partial charge in [0, 0.05) is 34.2 Å². The molecular formula is C22H31NO. The van der Waals surface area contributed by atoms with Gasteiger partial charge in [-0.1, -0.05) is 64.3 Å². The van der Waals surface area contributed by atoms with Gasteiger partial charge in [0.2, 0.25) is 0 Å². The van der Waals surface area contributed by atoms with Crippen molar-refractivity contribution in [2.75, 3.05) is 0 Å². The Labute approximate surface area is 146 Å². The molecule has 1 aliphatic carbocycles. The average Bonchev–Trinajstić information content (AvgIpc) is 2.53. The van der Waals surface area contributed by atoms with Crippen LogP contribution in [0.3, 0.4) is 0 Å². The van der Waals surface area contributed by atoms with Crippen LogP contribution in [0.1, 0.15) is 71.4 Å². The summed E-state index contributed by atoms with van der Waals surface area (Å²) in [4.78, 5) is 12.9. The van der Waals surface area contributed by atoms with Crippen molar-refractivity contribution >= 4 is 11.5 Å². The summed E-state index contributed by atoms with van der Waals surface area (Å²) in [5.74, 6) is 1.000. The van der Waals surface area contributed by atoms with E-state index in [1.165, 1.54) is 30.4 Å². The monoisotopic (exact) mass is 325 g/mol. The Morgan fingerprint density at radius 3 is 2.50 bits per heavy atom. The lowest BCUT2D eigenvalue weighted by Crippen LogP contribution is -2.56. The first-order valence-electron chi connectivity index (χ1n) is 9.37. The lowest BCUT2D eigenvalue weighted by Gasteiger charge is -2.49. The molecule has 1 N–H and O–H groups in total. The molecule has 130 valence electrons. The Morgan fingerprint density at radius 1 is 1.12 bits per heavy atom. The second-order valence-electron chi connectivity index (χ2n) is 8.75. The van der Waals surface area contributed by atoms with Gasteiger partial charge in [0.15, 0.2) is 5.78 Å². The zero-order valence-electron chi connectivity index (χ0n) is 15.8. The van der Waals surface area contributed by atoms with Gasteiger partial charge < -0.3 is 5.32 Å². The molecule has 1 aliphatic heterocycles. The van der Waals surface area contributed by atoms with Crippen LogP contribution < -0.4 is 5.32 Å². The van der Waals surface area contributed by atoms with Crippen molar-refractivity contribution in [2.24, 2.45) is 11.8 Å². The molecule has 3 rings (SSSR count). The van der Waals surface area contributed by atoms with Gasteiger partial charge in [0.25, 0.3) is 0 Å². The van der Waals surface area contributed by atoms with Crippen molar-refractivity contribution < 1.29 is 4.79 Å². The largest absolute Gasteiger partial charge is 0.379 e. The molecular weight excluding hydrogens is 294 g/mol. The smallest absolute Gasteiger partial charge is 0.161 e. The Bertz CT molecular complexity index is 668. The molecule has 0 aromatic heterocycles. The van der Waals surface area contributed by atoms with Crippen LogP contribution in [0.25, 0.3) is 5.70 Å². The molecule has 2 nitrogen and oxygen atoms in total. The molecule has 0 bridgehead atoms. The van der Waals surface area contributed by atoms with Crippen LogP contribution in [0.4, 0.5) is 0 Å². The van der Waals surface area contributed by atoms with E-state index in [2.05, 4.69) is 64.2 Å². The minimum absolute atomic E-state index is 0.00209. The Hall–Kier alpha value is -1.57. The van der Waals surface area contributed by atoms with Gasteiger partial charge in [-0.25, -0.2) is 0 Å². The summed E-state index contributed by atoms with van der Waals surface area (Å²) in [6.45, 7) is 11.2. The van der Waals surface area contributed by atoms with Crippen LogP contribution in [0.2, 0.25) is 0 Å². The van der Waals surface area contributed by atoms with E-state index < -0.39 is 0 Å².